The Morgan fingerprint density at radius 1 is 1.24 bits per heavy atom. The van der Waals surface area contributed by atoms with Gasteiger partial charge in [-0.1, -0.05) is 55.5 Å². The Kier molecular flexibility index (Phi) is 9.64. The van der Waals surface area contributed by atoms with Crippen LogP contribution in [0.15, 0.2) is 58.5 Å². The summed E-state index contributed by atoms with van der Waals surface area (Å²) < 4.78 is 16.1. The van der Waals surface area contributed by atoms with Crippen LogP contribution in [0.5, 0.6) is 0 Å². The van der Waals surface area contributed by atoms with Gasteiger partial charge in [0.2, 0.25) is 0 Å². The molecule has 0 amide bonds. The molecule has 0 aromatic heterocycles. The summed E-state index contributed by atoms with van der Waals surface area (Å²) in [6, 6.07) is 12.7. The lowest BCUT2D eigenvalue weighted by Gasteiger charge is -2.25. The van der Waals surface area contributed by atoms with E-state index in [1.165, 1.54) is 12.8 Å². The largest absolute Gasteiger partial charge is 0.342 e. The van der Waals surface area contributed by atoms with Gasteiger partial charge in [-0.25, -0.2) is 4.39 Å². The van der Waals surface area contributed by atoms with E-state index in [0.29, 0.717) is 18.2 Å². The fourth-order valence-electron chi connectivity index (χ4n) is 5.68. The molecule has 2 aromatic carbocycles. The molecule has 4 rings (SSSR count). The van der Waals surface area contributed by atoms with Gasteiger partial charge in [0.05, 0.1) is 13.2 Å². The van der Waals surface area contributed by atoms with E-state index in [2.05, 4.69) is 46.4 Å². The summed E-state index contributed by atoms with van der Waals surface area (Å²) in [7, 11) is 2.13. The summed E-state index contributed by atoms with van der Waals surface area (Å²) in [4.78, 5) is 16.4. The third kappa shape index (κ3) is 6.48. The molecule has 2 aliphatic rings. The zero-order valence-electron chi connectivity index (χ0n) is 23.5. The predicted molar refractivity (Wildman–Crippen MR) is 160 cm³/mol. The van der Waals surface area contributed by atoms with E-state index in [4.69, 9.17) is 4.99 Å². The van der Waals surface area contributed by atoms with Gasteiger partial charge < -0.3 is 9.80 Å². The lowest BCUT2D eigenvalue weighted by Crippen LogP contribution is -2.33. The summed E-state index contributed by atoms with van der Waals surface area (Å²) in [5.74, 6) is 0.512. The van der Waals surface area contributed by atoms with Gasteiger partial charge in [-0.15, -0.1) is 0 Å². The Morgan fingerprint density at radius 2 is 2.03 bits per heavy atom. The highest BCUT2D eigenvalue weighted by molar-refractivity contribution is 6.04. The molecule has 0 aliphatic carbocycles. The van der Waals surface area contributed by atoms with Crippen molar-refractivity contribution in [1.82, 2.24) is 14.7 Å². The van der Waals surface area contributed by atoms with Crippen molar-refractivity contribution in [2.45, 2.75) is 46.1 Å². The summed E-state index contributed by atoms with van der Waals surface area (Å²) in [6.45, 7) is 15.3. The maximum Gasteiger partial charge on any atom is 0.157 e. The van der Waals surface area contributed by atoms with Gasteiger partial charge in [-0.05, 0) is 76.2 Å². The van der Waals surface area contributed by atoms with Crippen LogP contribution in [0.25, 0.3) is 11.6 Å². The minimum Gasteiger partial charge on any atom is -0.342 e. The lowest BCUT2D eigenvalue weighted by molar-refractivity contribution is 0.302. The second-order valence-corrected chi connectivity index (χ2v) is 10.5. The molecule has 0 spiro atoms. The normalized spacial score (nSPS) is 18.7. The van der Waals surface area contributed by atoms with Crippen molar-refractivity contribution in [2.75, 3.05) is 46.4 Å². The average Bonchev–Trinajstić information content (AvgIpc) is 3.50. The van der Waals surface area contributed by atoms with Crippen LogP contribution in [0, 0.1) is 12.7 Å². The van der Waals surface area contributed by atoms with Gasteiger partial charge in [0.25, 0.3) is 0 Å². The van der Waals surface area contributed by atoms with E-state index in [-0.39, 0.29) is 11.5 Å². The molecule has 2 aromatic rings. The van der Waals surface area contributed by atoms with E-state index in [9.17, 15) is 0 Å². The SMILES string of the molecule is C=Nc1c(C(=NCCN(C)CCC)N2CC3CCCN3C2)cc(C)c(/C(C)=C/C=C\c2ccccc2)c1F. The molecule has 0 saturated carbocycles. The number of halogens is 1. The molecule has 2 aliphatic heterocycles. The number of benzene rings is 2. The number of amidine groups is 1. The van der Waals surface area contributed by atoms with Crippen LogP contribution in [-0.4, -0.2) is 79.7 Å². The Hall–Kier alpha value is -3.09. The Balaban J connectivity index is 1.67. The maximum absolute atomic E-state index is 16.1. The van der Waals surface area contributed by atoms with Crippen molar-refractivity contribution in [2.24, 2.45) is 9.98 Å². The van der Waals surface area contributed by atoms with Crippen molar-refractivity contribution in [3.05, 3.63) is 76.6 Å². The summed E-state index contributed by atoms with van der Waals surface area (Å²) >= 11 is 0. The Bertz CT molecular complexity index is 1190. The maximum atomic E-state index is 16.1. The Labute approximate surface area is 228 Å². The molecule has 0 N–H and O–H groups in total. The second-order valence-electron chi connectivity index (χ2n) is 10.5. The first-order valence-corrected chi connectivity index (χ1v) is 13.9. The van der Waals surface area contributed by atoms with Gasteiger partial charge in [-0.2, -0.15) is 0 Å². The van der Waals surface area contributed by atoms with E-state index < -0.39 is 0 Å². The number of aliphatic imine (C=N–C) groups is 2. The number of hydrogen-bond donors (Lipinski definition) is 0. The van der Waals surface area contributed by atoms with Crippen molar-refractivity contribution in [3.63, 3.8) is 0 Å². The van der Waals surface area contributed by atoms with E-state index >= 15 is 4.39 Å². The quantitative estimate of drug-likeness (QED) is 0.208. The topological polar surface area (TPSA) is 34.4 Å². The van der Waals surface area contributed by atoms with Gasteiger partial charge >= 0.3 is 0 Å². The average molecular weight is 516 g/mol. The van der Waals surface area contributed by atoms with Crippen LogP contribution in [0.3, 0.4) is 0 Å². The highest BCUT2D eigenvalue weighted by Gasteiger charge is 2.36. The first-order chi connectivity index (χ1) is 18.4. The highest BCUT2D eigenvalue weighted by atomic mass is 19.1. The van der Waals surface area contributed by atoms with E-state index in [1.807, 2.05) is 62.4 Å². The summed E-state index contributed by atoms with van der Waals surface area (Å²) in [5, 5.41) is 0. The number of rotatable bonds is 10. The monoisotopic (exact) mass is 515 g/mol. The summed E-state index contributed by atoms with van der Waals surface area (Å²) in [5.41, 5.74) is 4.45. The number of nitrogens with zero attached hydrogens (tertiary/aromatic N) is 5. The zero-order valence-corrected chi connectivity index (χ0v) is 23.5. The van der Waals surface area contributed by atoms with Crippen LogP contribution in [-0.2, 0) is 0 Å². The molecule has 1 atom stereocenters. The van der Waals surface area contributed by atoms with Crippen LogP contribution in [0.2, 0.25) is 0 Å². The minimum absolute atomic E-state index is 0.290. The third-order valence-corrected chi connectivity index (χ3v) is 7.60. The highest BCUT2D eigenvalue weighted by Crippen LogP contribution is 2.35. The number of fused-ring (bicyclic) bond motifs is 1. The first kappa shape index (κ1) is 27.9. The van der Waals surface area contributed by atoms with Gasteiger partial charge in [-0.3, -0.25) is 14.9 Å². The van der Waals surface area contributed by atoms with Crippen molar-refractivity contribution >= 4 is 29.9 Å². The Morgan fingerprint density at radius 3 is 2.74 bits per heavy atom. The molecule has 38 heavy (non-hydrogen) atoms. The van der Waals surface area contributed by atoms with Crippen molar-refractivity contribution in [1.29, 1.82) is 0 Å². The molecule has 6 heteroatoms. The molecule has 0 radical (unpaired) electrons. The number of likely N-dealkylation sites (N-methyl/N-ethyl adjacent to an activating group) is 1. The van der Waals surface area contributed by atoms with Crippen molar-refractivity contribution in [3.8, 4) is 0 Å². The molecule has 202 valence electrons. The lowest BCUT2D eigenvalue weighted by atomic mass is 9.95. The number of hydrogen-bond acceptors (Lipinski definition) is 4. The molecule has 2 fully saturated rings. The van der Waals surface area contributed by atoms with E-state index in [1.54, 1.807) is 0 Å². The van der Waals surface area contributed by atoms with Gasteiger partial charge in [0, 0.05) is 36.8 Å². The molecule has 2 heterocycles. The van der Waals surface area contributed by atoms with Crippen LogP contribution < -0.4 is 0 Å². The standard InChI is InChI=1S/C32H42FN5/c1-6-18-36(5)20-17-35-32(38-22-27-16-11-19-37(27)23-38)28-21-25(3)29(30(33)31(28)34-4)24(2)12-10-15-26-13-8-7-9-14-26/h7-10,12-15,21,27H,4,6,11,16-20,22-23H2,1-3,5H3/b15-10-,24-12+,35-32?. The van der Waals surface area contributed by atoms with Gasteiger partial charge in [0.1, 0.15) is 11.5 Å². The van der Waals surface area contributed by atoms with Gasteiger partial charge in [0.15, 0.2) is 5.82 Å². The summed E-state index contributed by atoms with van der Waals surface area (Å²) in [6.07, 6.45) is 9.52. The number of aryl methyl sites for hydroxylation is 1. The molecule has 1 unspecified atom stereocenters. The molecular weight excluding hydrogens is 473 g/mol. The predicted octanol–water partition coefficient (Wildman–Crippen LogP) is 6.41. The molecule has 0 bridgehead atoms. The third-order valence-electron chi connectivity index (χ3n) is 7.60. The van der Waals surface area contributed by atoms with Crippen LogP contribution in [0.1, 0.15) is 55.4 Å². The smallest absolute Gasteiger partial charge is 0.157 e. The molecule has 2 saturated heterocycles. The fourth-order valence-corrected chi connectivity index (χ4v) is 5.68. The van der Waals surface area contributed by atoms with Crippen LogP contribution >= 0.6 is 0 Å². The zero-order chi connectivity index (χ0) is 27.1. The fraction of sp³-hybridized carbons (Fsp3) is 0.438. The van der Waals surface area contributed by atoms with Crippen LogP contribution in [0.4, 0.5) is 10.1 Å². The van der Waals surface area contributed by atoms with Crippen molar-refractivity contribution < 1.29 is 4.39 Å². The molecule has 5 nitrogen and oxygen atoms in total. The minimum atomic E-state index is -0.327. The second kappa shape index (κ2) is 13.1. The number of allylic oxidation sites excluding steroid dienone is 3. The molecular formula is C32H42FN5. The first-order valence-electron chi connectivity index (χ1n) is 13.9. The van der Waals surface area contributed by atoms with E-state index in [0.717, 1.165) is 67.4 Å².